The van der Waals surface area contributed by atoms with Gasteiger partial charge in [-0.15, -0.1) is 0 Å². The van der Waals surface area contributed by atoms with Crippen molar-refractivity contribution in [3.63, 3.8) is 0 Å². The number of amides is 2. The largest absolute Gasteiger partial charge is 0.416 e. The van der Waals surface area contributed by atoms with Crippen LogP contribution in [0.1, 0.15) is 24.5 Å². The van der Waals surface area contributed by atoms with Crippen LogP contribution in [0.2, 0.25) is 15.1 Å². The van der Waals surface area contributed by atoms with Crippen LogP contribution in [0.3, 0.4) is 0 Å². The van der Waals surface area contributed by atoms with Crippen molar-refractivity contribution < 1.29 is 31.2 Å². The minimum absolute atomic E-state index is 0.136. The molecule has 0 radical (unpaired) electrons. The number of likely N-dealkylation sites (N-methyl/N-ethyl adjacent to an activating group) is 1. The third kappa shape index (κ3) is 7.18. The number of rotatable bonds is 9. The highest BCUT2D eigenvalue weighted by Gasteiger charge is 2.35. The number of carbonyl (C=O) groups excluding carboxylic acids is 2. The lowest BCUT2D eigenvalue weighted by Crippen LogP contribution is -2.51. The maximum atomic E-state index is 13.5. The summed E-state index contributed by atoms with van der Waals surface area (Å²) >= 11 is 18.5. The van der Waals surface area contributed by atoms with E-state index >= 15 is 0 Å². The predicted molar refractivity (Wildman–Crippen MR) is 134 cm³/mol. The van der Waals surface area contributed by atoms with Gasteiger partial charge in [0.2, 0.25) is 21.8 Å². The molecule has 2 aromatic rings. The van der Waals surface area contributed by atoms with Gasteiger partial charge in [0.1, 0.15) is 12.6 Å². The topological polar surface area (TPSA) is 86.8 Å². The third-order valence-electron chi connectivity index (χ3n) is 5.24. The van der Waals surface area contributed by atoms with Crippen LogP contribution in [0.5, 0.6) is 0 Å². The lowest BCUT2D eigenvalue weighted by Gasteiger charge is -2.33. The second kappa shape index (κ2) is 11.9. The number of alkyl halides is 3. The van der Waals surface area contributed by atoms with Gasteiger partial charge in [-0.25, -0.2) is 8.42 Å². The van der Waals surface area contributed by atoms with Crippen LogP contribution >= 0.6 is 34.8 Å². The number of sulfonamides is 1. The van der Waals surface area contributed by atoms with Gasteiger partial charge < -0.3 is 10.2 Å². The molecule has 0 bridgehead atoms. The Balaban J connectivity index is 2.59. The summed E-state index contributed by atoms with van der Waals surface area (Å²) in [6.07, 6.45) is -3.93. The van der Waals surface area contributed by atoms with E-state index in [-0.39, 0.29) is 28.0 Å². The smallest absolute Gasteiger partial charge is 0.357 e. The van der Waals surface area contributed by atoms with Crippen LogP contribution in [0, 0.1) is 0 Å². The molecular formula is C22H23Cl3F3N3O4S. The highest BCUT2D eigenvalue weighted by atomic mass is 35.5. The van der Waals surface area contributed by atoms with Crippen molar-refractivity contribution in [1.29, 1.82) is 0 Å². The molecule has 0 fully saturated rings. The highest BCUT2D eigenvalue weighted by molar-refractivity contribution is 7.92. The number of hydrogen-bond acceptors (Lipinski definition) is 4. The molecule has 2 amide bonds. The molecule has 36 heavy (non-hydrogen) atoms. The number of nitrogens with one attached hydrogen (secondary N) is 1. The van der Waals surface area contributed by atoms with Gasteiger partial charge >= 0.3 is 6.18 Å². The van der Waals surface area contributed by atoms with Crippen LogP contribution in [0.25, 0.3) is 0 Å². The summed E-state index contributed by atoms with van der Waals surface area (Å²) in [6.45, 7) is 0.430. The van der Waals surface area contributed by atoms with E-state index in [0.29, 0.717) is 22.0 Å². The predicted octanol–water partition coefficient (Wildman–Crippen LogP) is 4.99. The van der Waals surface area contributed by atoms with Crippen molar-refractivity contribution in [2.24, 2.45) is 0 Å². The van der Waals surface area contributed by atoms with Gasteiger partial charge in [0.15, 0.2) is 0 Å². The van der Waals surface area contributed by atoms with Crippen LogP contribution in [0.15, 0.2) is 36.4 Å². The molecule has 2 rings (SSSR count). The van der Waals surface area contributed by atoms with Crippen molar-refractivity contribution in [1.82, 2.24) is 10.2 Å². The average molecular weight is 589 g/mol. The molecule has 0 saturated carbocycles. The van der Waals surface area contributed by atoms with Gasteiger partial charge in [-0.3, -0.25) is 13.9 Å². The summed E-state index contributed by atoms with van der Waals surface area (Å²) in [6, 6.07) is 5.70. The van der Waals surface area contributed by atoms with Gasteiger partial charge in [0.25, 0.3) is 0 Å². The van der Waals surface area contributed by atoms with Gasteiger partial charge in [0.05, 0.1) is 22.5 Å². The molecule has 0 aromatic heterocycles. The number of carbonyl (C=O) groups is 2. The first-order valence-electron chi connectivity index (χ1n) is 10.4. The number of benzene rings is 2. The van der Waals surface area contributed by atoms with Crippen LogP contribution in [-0.4, -0.2) is 51.0 Å². The second-order valence-electron chi connectivity index (χ2n) is 7.69. The molecule has 1 atom stereocenters. The van der Waals surface area contributed by atoms with E-state index in [9.17, 15) is 31.2 Å². The summed E-state index contributed by atoms with van der Waals surface area (Å²) < 4.78 is 65.5. The van der Waals surface area contributed by atoms with Gasteiger partial charge in [-0.05, 0) is 36.8 Å². The number of halogens is 6. The van der Waals surface area contributed by atoms with Crippen molar-refractivity contribution >= 4 is 62.3 Å². The van der Waals surface area contributed by atoms with Gasteiger partial charge in [0, 0.05) is 29.2 Å². The zero-order valence-corrected chi connectivity index (χ0v) is 22.5. The molecule has 7 nitrogen and oxygen atoms in total. The van der Waals surface area contributed by atoms with Crippen molar-refractivity contribution in [3.8, 4) is 0 Å². The molecule has 0 aliphatic carbocycles. The summed E-state index contributed by atoms with van der Waals surface area (Å²) in [7, 11) is -2.93. The lowest BCUT2D eigenvalue weighted by molar-refractivity contribution is -0.140. The van der Waals surface area contributed by atoms with Gasteiger partial charge in [-0.2, -0.15) is 13.2 Å². The zero-order chi connectivity index (χ0) is 27.4. The van der Waals surface area contributed by atoms with Crippen molar-refractivity contribution in [3.05, 3.63) is 62.6 Å². The first-order chi connectivity index (χ1) is 16.6. The summed E-state index contributed by atoms with van der Waals surface area (Å²) in [5.41, 5.74) is -1.38. The maximum absolute atomic E-state index is 13.5. The Hall–Kier alpha value is -2.21. The Kier molecular flexibility index (Phi) is 9.91. The SMILES string of the molecule is CCC(C(=O)NC)N(Cc1c(Cl)cccc1Cl)C(=O)CN(c1cc(C(F)(F)F)ccc1Cl)S(C)(=O)=O. The van der Waals surface area contributed by atoms with Crippen molar-refractivity contribution in [2.45, 2.75) is 32.1 Å². The molecule has 2 aromatic carbocycles. The Morgan fingerprint density at radius 1 is 1.06 bits per heavy atom. The van der Waals surface area contributed by atoms with Gasteiger partial charge in [-0.1, -0.05) is 47.8 Å². The molecule has 0 spiro atoms. The minimum Gasteiger partial charge on any atom is -0.357 e. The Morgan fingerprint density at radius 2 is 1.64 bits per heavy atom. The van der Waals surface area contributed by atoms with E-state index in [1.54, 1.807) is 13.0 Å². The Morgan fingerprint density at radius 3 is 2.11 bits per heavy atom. The molecule has 0 heterocycles. The summed E-state index contributed by atoms with van der Waals surface area (Å²) in [4.78, 5) is 27.1. The fourth-order valence-corrected chi connectivity index (χ4v) is 5.05. The second-order valence-corrected chi connectivity index (χ2v) is 10.8. The van der Waals surface area contributed by atoms with E-state index in [4.69, 9.17) is 34.8 Å². The first kappa shape index (κ1) is 30.0. The monoisotopic (exact) mass is 587 g/mol. The Bertz CT molecular complexity index is 1220. The van der Waals surface area contributed by atoms with Crippen molar-refractivity contribution in [2.75, 3.05) is 24.2 Å². The molecule has 198 valence electrons. The molecular weight excluding hydrogens is 566 g/mol. The van der Waals surface area contributed by atoms with Crippen LogP contribution in [-0.2, 0) is 32.3 Å². The minimum atomic E-state index is -4.79. The molecule has 1 unspecified atom stereocenters. The van der Waals surface area contributed by atoms with E-state index in [1.807, 2.05) is 0 Å². The lowest BCUT2D eigenvalue weighted by atomic mass is 10.1. The number of anilines is 1. The van der Waals surface area contributed by atoms with E-state index < -0.39 is 51.9 Å². The summed E-state index contributed by atoms with van der Waals surface area (Å²) in [5, 5.41) is 2.52. The Labute approximate surface area is 222 Å². The van der Waals surface area contributed by atoms with E-state index in [2.05, 4.69) is 5.32 Å². The van der Waals surface area contributed by atoms with Crippen LogP contribution in [0.4, 0.5) is 18.9 Å². The summed E-state index contributed by atoms with van der Waals surface area (Å²) in [5.74, 6) is -1.43. The standard InChI is InChI=1S/C22H23Cl3F3N3O4S/c1-4-18(21(33)29-2)30(11-14-15(23)6-5-7-16(14)24)20(32)12-31(36(3,34)35)19-10-13(22(26,27)28)8-9-17(19)25/h5-10,18H,4,11-12H2,1-3H3,(H,29,33). The van der Waals surface area contributed by atoms with E-state index in [1.165, 1.54) is 19.2 Å². The average Bonchev–Trinajstić information content (AvgIpc) is 2.77. The first-order valence-corrected chi connectivity index (χ1v) is 13.4. The molecule has 0 saturated heterocycles. The highest BCUT2D eigenvalue weighted by Crippen LogP contribution is 2.36. The molecule has 0 aliphatic heterocycles. The van der Waals surface area contributed by atoms with Crippen LogP contribution < -0.4 is 9.62 Å². The molecule has 0 aliphatic rings. The number of hydrogen-bond donors (Lipinski definition) is 1. The zero-order valence-electron chi connectivity index (χ0n) is 19.4. The number of nitrogens with zero attached hydrogens (tertiary/aromatic N) is 2. The fourth-order valence-electron chi connectivity index (χ4n) is 3.41. The normalized spacial score (nSPS) is 12.7. The quantitative estimate of drug-likeness (QED) is 0.448. The fraction of sp³-hybridized carbons (Fsp3) is 0.364. The van der Waals surface area contributed by atoms with E-state index in [0.717, 1.165) is 17.2 Å². The molecule has 14 heteroatoms. The third-order valence-corrected chi connectivity index (χ3v) is 7.40. The maximum Gasteiger partial charge on any atom is 0.416 e. The molecule has 1 N–H and O–H groups in total.